The molecule has 1 aromatic heterocycles. The van der Waals surface area contributed by atoms with E-state index in [2.05, 4.69) is 45.7 Å². The van der Waals surface area contributed by atoms with E-state index in [0.29, 0.717) is 28.9 Å². The fourth-order valence-electron chi connectivity index (χ4n) is 3.77. The Hall–Kier alpha value is -2.47. The van der Waals surface area contributed by atoms with Crippen LogP contribution in [0, 0.1) is 0 Å². The second kappa shape index (κ2) is 8.72. The van der Waals surface area contributed by atoms with Crippen LogP contribution in [-0.2, 0) is 0 Å². The fourth-order valence-corrected chi connectivity index (χ4v) is 4.88. The second-order valence-electron chi connectivity index (χ2n) is 7.46. The quantitative estimate of drug-likeness (QED) is 0.600. The third-order valence-electron chi connectivity index (χ3n) is 5.06. The molecule has 2 N–H and O–H groups in total. The topological polar surface area (TPSA) is 104 Å². The number of hydrogen-bond acceptors (Lipinski definition) is 8. The van der Waals surface area contributed by atoms with Crippen LogP contribution in [0.15, 0.2) is 36.1 Å². The SMILES string of the molecule is COc1ncc2c(N3C[C@@H](C)N[C@H](C)C3)ccc(C(=O)NC3=C(C)N=IN=C3)c2n1. The zero-order chi connectivity index (χ0) is 21.3. The summed E-state index contributed by atoms with van der Waals surface area (Å²) in [5, 5.41) is 7.28. The van der Waals surface area contributed by atoms with Crippen LogP contribution < -0.4 is 20.3 Å². The molecule has 1 aromatic carbocycles. The Bertz CT molecular complexity index is 1070. The van der Waals surface area contributed by atoms with Gasteiger partial charge in [0.25, 0.3) is 5.91 Å². The van der Waals surface area contributed by atoms with E-state index >= 15 is 0 Å². The van der Waals surface area contributed by atoms with Crippen molar-refractivity contribution in [2.24, 2.45) is 6.35 Å². The first kappa shape index (κ1) is 20.8. The van der Waals surface area contributed by atoms with Gasteiger partial charge in [-0.3, -0.25) is 4.79 Å². The Morgan fingerprint density at radius 3 is 2.77 bits per heavy atom. The van der Waals surface area contributed by atoms with Crippen molar-refractivity contribution in [3.63, 3.8) is 0 Å². The summed E-state index contributed by atoms with van der Waals surface area (Å²) in [6.07, 6.45) is 3.42. The van der Waals surface area contributed by atoms with Gasteiger partial charge in [0, 0.05) is 42.4 Å². The van der Waals surface area contributed by atoms with E-state index in [4.69, 9.17) is 4.74 Å². The van der Waals surface area contributed by atoms with E-state index in [1.807, 2.05) is 19.1 Å². The molecular weight excluding hydrogens is 497 g/mol. The van der Waals surface area contributed by atoms with Crippen molar-refractivity contribution < 1.29 is 9.53 Å². The molecule has 0 aliphatic carbocycles. The normalized spacial score (nSPS) is 21.5. The third-order valence-corrected chi connectivity index (χ3v) is 6.52. The zero-order valence-corrected chi connectivity index (χ0v) is 19.5. The summed E-state index contributed by atoms with van der Waals surface area (Å²) in [5.74, 6) is -0.259. The van der Waals surface area contributed by atoms with E-state index in [1.54, 1.807) is 12.4 Å². The summed E-state index contributed by atoms with van der Waals surface area (Å²) < 4.78 is 13.8. The number of aromatic nitrogens is 2. The number of nitrogens with zero attached hydrogens (tertiary/aromatic N) is 5. The highest BCUT2D eigenvalue weighted by Crippen LogP contribution is 2.30. The number of halogens is 1. The molecule has 2 aliphatic rings. The Morgan fingerprint density at radius 1 is 1.30 bits per heavy atom. The third kappa shape index (κ3) is 4.19. The molecule has 158 valence electrons. The molecule has 1 fully saturated rings. The lowest BCUT2D eigenvalue weighted by Crippen LogP contribution is -2.54. The average Bonchev–Trinajstić information content (AvgIpc) is 2.73. The smallest absolute Gasteiger partial charge is 0.316 e. The Morgan fingerprint density at radius 2 is 2.07 bits per heavy atom. The fraction of sp³-hybridized carbons (Fsp3) is 0.400. The zero-order valence-electron chi connectivity index (χ0n) is 17.3. The summed E-state index contributed by atoms with van der Waals surface area (Å²) in [6.45, 7) is 7.94. The number of fused-ring (bicyclic) bond motifs is 1. The minimum atomic E-state index is -0.552. The molecule has 30 heavy (non-hydrogen) atoms. The molecule has 3 heterocycles. The first-order chi connectivity index (χ1) is 14.5. The van der Waals surface area contributed by atoms with Gasteiger partial charge in [-0.15, -0.1) is 0 Å². The number of rotatable bonds is 4. The molecule has 2 atom stereocenters. The molecule has 1 amide bonds. The highest BCUT2D eigenvalue weighted by Gasteiger charge is 2.25. The van der Waals surface area contributed by atoms with Crippen LogP contribution >= 0.6 is 21.3 Å². The largest absolute Gasteiger partial charge is 0.467 e. The molecular formula is C20H24IN7O2. The number of piperazine rings is 1. The van der Waals surface area contributed by atoms with Gasteiger partial charge >= 0.3 is 6.01 Å². The van der Waals surface area contributed by atoms with Crippen LogP contribution in [-0.4, -0.2) is 54.4 Å². The molecule has 0 saturated carbocycles. The van der Waals surface area contributed by atoms with Crippen LogP contribution in [0.3, 0.4) is 0 Å². The summed E-state index contributed by atoms with van der Waals surface area (Å²) in [7, 11) is 1.52. The van der Waals surface area contributed by atoms with Crippen molar-refractivity contribution in [2.45, 2.75) is 32.9 Å². The minimum Gasteiger partial charge on any atom is -0.467 e. The van der Waals surface area contributed by atoms with Gasteiger partial charge in [-0.05, 0) is 32.9 Å². The lowest BCUT2D eigenvalue weighted by Gasteiger charge is -2.38. The lowest BCUT2D eigenvalue weighted by atomic mass is 10.0. The van der Waals surface area contributed by atoms with E-state index < -0.39 is 21.3 Å². The lowest BCUT2D eigenvalue weighted by molar-refractivity contribution is 0.0969. The number of carbonyl (C=O) groups is 1. The van der Waals surface area contributed by atoms with Gasteiger partial charge in [0.05, 0.1) is 35.8 Å². The average molecular weight is 521 g/mol. The predicted octanol–water partition coefficient (Wildman–Crippen LogP) is 2.94. The Labute approximate surface area is 185 Å². The maximum atomic E-state index is 13.1. The monoisotopic (exact) mass is 521 g/mol. The van der Waals surface area contributed by atoms with Gasteiger partial charge < -0.3 is 20.3 Å². The number of methoxy groups -OCH3 is 1. The molecule has 0 bridgehead atoms. The summed E-state index contributed by atoms with van der Waals surface area (Å²) in [4.78, 5) is 24.2. The van der Waals surface area contributed by atoms with Gasteiger partial charge in [-0.25, -0.2) is 11.3 Å². The number of ether oxygens (including phenoxy) is 1. The molecule has 4 rings (SSSR count). The maximum Gasteiger partial charge on any atom is 0.316 e. The molecule has 2 aromatic rings. The number of allylic oxidation sites excluding steroid dienone is 2. The number of benzene rings is 1. The minimum absolute atomic E-state index is 0.227. The molecule has 10 heteroatoms. The highest BCUT2D eigenvalue weighted by molar-refractivity contribution is 14.1. The van der Waals surface area contributed by atoms with Gasteiger partial charge in [-0.1, -0.05) is 0 Å². The number of hydrogen-bond donors (Lipinski definition) is 2. The first-order valence-electron chi connectivity index (χ1n) is 9.71. The number of amides is 1. The van der Waals surface area contributed by atoms with Crippen LogP contribution in [0.5, 0.6) is 6.01 Å². The molecule has 0 radical (unpaired) electrons. The van der Waals surface area contributed by atoms with Crippen molar-refractivity contribution in [2.75, 3.05) is 25.1 Å². The van der Waals surface area contributed by atoms with Crippen molar-refractivity contribution in [3.8, 4) is 6.01 Å². The van der Waals surface area contributed by atoms with Crippen LogP contribution in [0.2, 0.25) is 0 Å². The van der Waals surface area contributed by atoms with E-state index in [1.165, 1.54) is 7.11 Å². The van der Waals surface area contributed by atoms with Crippen molar-refractivity contribution >= 4 is 50.0 Å². The summed E-state index contributed by atoms with van der Waals surface area (Å²) >= 11 is -0.552. The summed E-state index contributed by atoms with van der Waals surface area (Å²) in [5.41, 5.74) is 3.45. The van der Waals surface area contributed by atoms with Crippen molar-refractivity contribution in [1.82, 2.24) is 20.6 Å². The van der Waals surface area contributed by atoms with Crippen molar-refractivity contribution in [3.05, 3.63) is 35.3 Å². The van der Waals surface area contributed by atoms with Crippen molar-refractivity contribution in [1.29, 1.82) is 0 Å². The van der Waals surface area contributed by atoms with Crippen LogP contribution in [0.25, 0.3) is 10.9 Å². The van der Waals surface area contributed by atoms with E-state index in [-0.39, 0.29) is 11.9 Å². The molecule has 2 aliphatic heterocycles. The summed E-state index contributed by atoms with van der Waals surface area (Å²) in [6, 6.07) is 4.74. The Balaban J connectivity index is 1.76. The Kier molecular flexibility index (Phi) is 6.04. The van der Waals surface area contributed by atoms with Crippen LogP contribution in [0.4, 0.5) is 5.69 Å². The standard InChI is InChI=1S/C20H24IN7O2/c1-11-9-28(10-12(2)24-11)17-6-5-14(18-15(17)7-22-20(26-18)30-4)19(29)25-16-8-23-21-27-13(16)3/h5-8,11-12,24H,9-10H2,1-4H3,(H,25,29)/t11-,12-/m1/s1. The number of carbonyl (C=O) groups excluding carboxylic acids is 1. The van der Waals surface area contributed by atoms with Crippen LogP contribution in [0.1, 0.15) is 31.1 Å². The van der Waals surface area contributed by atoms with E-state index in [0.717, 1.165) is 29.9 Å². The molecule has 0 spiro atoms. The van der Waals surface area contributed by atoms with Gasteiger partial charge in [0.15, 0.2) is 0 Å². The molecule has 9 nitrogen and oxygen atoms in total. The second-order valence-corrected chi connectivity index (χ2v) is 8.94. The molecule has 1 saturated heterocycles. The molecule has 0 unspecified atom stereocenters. The first-order valence-corrected chi connectivity index (χ1v) is 11.6. The van der Waals surface area contributed by atoms with Gasteiger partial charge in [0.2, 0.25) is 0 Å². The highest BCUT2D eigenvalue weighted by atomic mass is 127. The van der Waals surface area contributed by atoms with Gasteiger partial charge in [-0.2, -0.15) is 4.98 Å². The number of nitrogens with one attached hydrogen (secondary N) is 2. The van der Waals surface area contributed by atoms with E-state index in [9.17, 15) is 4.79 Å². The maximum absolute atomic E-state index is 13.1. The number of anilines is 1. The van der Waals surface area contributed by atoms with Gasteiger partial charge in [0.1, 0.15) is 21.3 Å². The predicted molar refractivity (Wildman–Crippen MR) is 125 cm³/mol.